The number of aryl methyl sites for hydroxylation is 1. The van der Waals surface area contributed by atoms with Crippen molar-refractivity contribution in [1.29, 1.82) is 0 Å². The number of nitrogen functional groups attached to an aromatic ring is 1. The van der Waals surface area contributed by atoms with Crippen molar-refractivity contribution in [2.75, 3.05) is 12.3 Å². The molecule has 0 aliphatic carbocycles. The molecule has 4 rings (SSSR count). The zero-order valence-electron chi connectivity index (χ0n) is 17.0. The number of nitrogens with zero attached hydrogens (tertiary/aromatic N) is 5. The van der Waals surface area contributed by atoms with Gasteiger partial charge in [0.15, 0.2) is 11.0 Å². The van der Waals surface area contributed by atoms with E-state index in [2.05, 4.69) is 20.2 Å². The van der Waals surface area contributed by atoms with Crippen molar-refractivity contribution in [1.82, 2.24) is 24.7 Å². The Bertz CT molecular complexity index is 1270. The number of nitrogens with two attached hydrogens (primary N) is 1. The van der Waals surface area contributed by atoms with Crippen LogP contribution >= 0.6 is 34.7 Å². The van der Waals surface area contributed by atoms with Crippen molar-refractivity contribution in [2.24, 2.45) is 7.05 Å². The number of fused-ring (bicyclic) bond motifs is 1. The first kappa shape index (κ1) is 21.5. The third-order valence-corrected chi connectivity index (χ3v) is 7.03. The highest BCUT2D eigenvalue weighted by molar-refractivity contribution is 7.98. The number of hydrogen-bond donors (Lipinski definition) is 1. The third-order valence-electron chi connectivity index (χ3n) is 4.59. The number of aromatic nitrogens is 5. The predicted octanol–water partition coefficient (Wildman–Crippen LogP) is 4.50. The minimum Gasteiger partial charge on any atom is -0.462 e. The molecule has 1 aromatic carbocycles. The molecular formula is C20H19ClN6O2S2. The van der Waals surface area contributed by atoms with Crippen LogP contribution in [0, 0.1) is 6.92 Å². The summed E-state index contributed by atoms with van der Waals surface area (Å²) in [7, 11) is 1.90. The van der Waals surface area contributed by atoms with E-state index >= 15 is 0 Å². The lowest BCUT2D eigenvalue weighted by Crippen LogP contribution is -2.04. The molecule has 31 heavy (non-hydrogen) atoms. The first-order valence-corrected chi connectivity index (χ1v) is 11.6. The molecule has 0 saturated carbocycles. The van der Waals surface area contributed by atoms with Crippen LogP contribution < -0.4 is 5.73 Å². The average molecular weight is 475 g/mol. The molecule has 0 spiro atoms. The van der Waals surface area contributed by atoms with E-state index in [-0.39, 0.29) is 5.97 Å². The molecule has 0 aliphatic heterocycles. The minimum absolute atomic E-state index is 0.311. The van der Waals surface area contributed by atoms with Gasteiger partial charge in [0, 0.05) is 17.6 Å². The van der Waals surface area contributed by atoms with E-state index in [1.54, 1.807) is 6.92 Å². The van der Waals surface area contributed by atoms with Gasteiger partial charge in [0.1, 0.15) is 21.3 Å². The van der Waals surface area contributed by atoms with Crippen molar-refractivity contribution in [3.63, 3.8) is 0 Å². The molecule has 0 saturated heterocycles. The second kappa shape index (κ2) is 8.81. The van der Waals surface area contributed by atoms with Gasteiger partial charge in [-0.25, -0.2) is 14.8 Å². The highest BCUT2D eigenvalue weighted by Gasteiger charge is 2.21. The highest BCUT2D eigenvalue weighted by atomic mass is 35.5. The van der Waals surface area contributed by atoms with Crippen LogP contribution in [0.1, 0.15) is 28.0 Å². The van der Waals surface area contributed by atoms with Crippen LogP contribution in [-0.4, -0.2) is 37.3 Å². The van der Waals surface area contributed by atoms with Crippen LogP contribution in [0.5, 0.6) is 0 Å². The summed E-state index contributed by atoms with van der Waals surface area (Å²) in [5.41, 5.74) is 7.86. The largest absolute Gasteiger partial charge is 0.462 e. The summed E-state index contributed by atoms with van der Waals surface area (Å²) in [6.45, 7) is 3.91. The van der Waals surface area contributed by atoms with Gasteiger partial charge in [0.05, 0.1) is 17.7 Å². The number of thioether (sulfide) groups is 1. The van der Waals surface area contributed by atoms with Crippen LogP contribution in [0.2, 0.25) is 5.02 Å². The zero-order chi connectivity index (χ0) is 22.1. The van der Waals surface area contributed by atoms with Crippen molar-refractivity contribution in [2.45, 2.75) is 24.8 Å². The van der Waals surface area contributed by atoms with Gasteiger partial charge >= 0.3 is 5.97 Å². The van der Waals surface area contributed by atoms with Gasteiger partial charge in [-0.2, -0.15) is 0 Å². The maximum atomic E-state index is 12.2. The first-order chi connectivity index (χ1) is 14.9. The maximum absolute atomic E-state index is 12.2. The second-order valence-corrected chi connectivity index (χ2v) is 9.02. The van der Waals surface area contributed by atoms with Gasteiger partial charge in [-0.1, -0.05) is 23.4 Å². The van der Waals surface area contributed by atoms with E-state index in [9.17, 15) is 4.79 Å². The standard InChI is InChI=1S/C20H19ClN6O2S2/c1-4-29-19(28)15-10(2)14-16(22)23-13(24-18(14)31-15)9-30-20-26-25-17(27(20)3)11-5-7-12(21)8-6-11/h5-8H,4,9H2,1-3H3,(H2,22,23,24). The summed E-state index contributed by atoms with van der Waals surface area (Å²) in [4.78, 5) is 22.4. The average Bonchev–Trinajstić information content (AvgIpc) is 3.27. The Hall–Kier alpha value is -2.69. The number of anilines is 1. The quantitative estimate of drug-likeness (QED) is 0.321. The summed E-state index contributed by atoms with van der Waals surface area (Å²) >= 11 is 8.69. The zero-order valence-corrected chi connectivity index (χ0v) is 19.4. The fourth-order valence-electron chi connectivity index (χ4n) is 3.09. The summed E-state index contributed by atoms with van der Waals surface area (Å²) in [5.74, 6) is 1.74. The molecule has 4 aromatic rings. The number of thiophene rings is 1. The Kier molecular flexibility index (Phi) is 6.12. The lowest BCUT2D eigenvalue weighted by Gasteiger charge is -2.05. The van der Waals surface area contributed by atoms with E-state index in [4.69, 9.17) is 22.1 Å². The van der Waals surface area contributed by atoms with Gasteiger partial charge in [-0.3, -0.25) is 0 Å². The summed E-state index contributed by atoms with van der Waals surface area (Å²) in [6, 6.07) is 7.44. The smallest absolute Gasteiger partial charge is 0.348 e. The Labute approximate surface area is 191 Å². The molecular weight excluding hydrogens is 456 g/mol. The molecule has 2 N–H and O–H groups in total. The molecule has 160 valence electrons. The van der Waals surface area contributed by atoms with E-state index in [0.717, 1.165) is 22.1 Å². The van der Waals surface area contributed by atoms with E-state index in [0.29, 0.717) is 44.1 Å². The van der Waals surface area contributed by atoms with Gasteiger partial charge in [-0.15, -0.1) is 21.5 Å². The van der Waals surface area contributed by atoms with Crippen molar-refractivity contribution in [3.05, 3.63) is 45.6 Å². The normalized spacial score (nSPS) is 11.2. The van der Waals surface area contributed by atoms with Crippen molar-refractivity contribution >= 4 is 56.7 Å². The Morgan fingerprint density at radius 2 is 2.00 bits per heavy atom. The van der Waals surface area contributed by atoms with Crippen LogP contribution in [0.3, 0.4) is 0 Å². The number of carbonyl (C=O) groups excluding carboxylic acids is 1. The van der Waals surface area contributed by atoms with Gasteiger partial charge < -0.3 is 15.0 Å². The Balaban J connectivity index is 1.57. The Morgan fingerprint density at radius 3 is 2.71 bits per heavy atom. The van der Waals surface area contributed by atoms with Crippen LogP contribution in [-0.2, 0) is 17.5 Å². The van der Waals surface area contributed by atoms with Crippen molar-refractivity contribution in [3.8, 4) is 11.4 Å². The van der Waals surface area contributed by atoms with Crippen LogP contribution in [0.25, 0.3) is 21.6 Å². The first-order valence-electron chi connectivity index (χ1n) is 9.39. The molecule has 0 atom stereocenters. The number of ether oxygens (including phenoxy) is 1. The topological polar surface area (TPSA) is 109 Å². The fourth-order valence-corrected chi connectivity index (χ4v) is 5.09. The molecule has 3 heterocycles. The Morgan fingerprint density at radius 1 is 1.26 bits per heavy atom. The summed E-state index contributed by atoms with van der Waals surface area (Å²) in [5, 5.41) is 10.6. The number of hydrogen-bond acceptors (Lipinski definition) is 9. The molecule has 0 amide bonds. The van der Waals surface area contributed by atoms with Crippen LogP contribution in [0.4, 0.5) is 5.82 Å². The molecule has 0 fully saturated rings. The molecule has 0 unspecified atom stereocenters. The van der Waals surface area contributed by atoms with E-state index in [1.807, 2.05) is 42.8 Å². The van der Waals surface area contributed by atoms with Gasteiger partial charge in [0.25, 0.3) is 0 Å². The molecule has 0 bridgehead atoms. The van der Waals surface area contributed by atoms with Gasteiger partial charge in [-0.05, 0) is 43.7 Å². The molecule has 0 aliphatic rings. The minimum atomic E-state index is -0.368. The number of benzene rings is 1. The lowest BCUT2D eigenvalue weighted by atomic mass is 10.2. The SMILES string of the molecule is CCOC(=O)c1sc2nc(CSc3nnc(-c4ccc(Cl)cc4)n3C)nc(N)c2c1C. The van der Waals surface area contributed by atoms with Crippen molar-refractivity contribution < 1.29 is 9.53 Å². The van der Waals surface area contributed by atoms with Crippen LogP contribution in [0.15, 0.2) is 29.4 Å². The summed E-state index contributed by atoms with van der Waals surface area (Å²) < 4.78 is 7.03. The maximum Gasteiger partial charge on any atom is 0.348 e. The third kappa shape index (κ3) is 4.23. The fraction of sp³-hybridized carbons (Fsp3) is 0.250. The predicted molar refractivity (Wildman–Crippen MR) is 124 cm³/mol. The second-order valence-electron chi connectivity index (χ2n) is 6.64. The lowest BCUT2D eigenvalue weighted by molar-refractivity contribution is 0.0531. The molecule has 8 nitrogen and oxygen atoms in total. The number of rotatable bonds is 6. The summed E-state index contributed by atoms with van der Waals surface area (Å²) in [6.07, 6.45) is 0. The van der Waals surface area contributed by atoms with E-state index in [1.165, 1.54) is 23.1 Å². The monoisotopic (exact) mass is 474 g/mol. The molecule has 3 aromatic heterocycles. The highest BCUT2D eigenvalue weighted by Crippen LogP contribution is 2.34. The molecule has 11 heteroatoms. The van der Waals surface area contributed by atoms with Gasteiger partial charge in [0.2, 0.25) is 0 Å². The number of carbonyl (C=O) groups is 1. The number of esters is 1. The molecule has 0 radical (unpaired) electrons. The van der Waals surface area contributed by atoms with E-state index < -0.39 is 0 Å². The number of halogens is 1.